The molecule has 1 aromatic heterocycles. The Morgan fingerprint density at radius 3 is 2.78 bits per heavy atom. The maximum absolute atomic E-state index is 12.2. The van der Waals surface area contributed by atoms with Gasteiger partial charge < -0.3 is 10.1 Å². The van der Waals surface area contributed by atoms with Crippen molar-refractivity contribution in [3.63, 3.8) is 0 Å². The third-order valence-corrected chi connectivity index (χ3v) is 1.77. The number of carbonyl (C=O) groups is 1. The fourth-order valence-electron chi connectivity index (χ4n) is 0.990. The average molecular weight is 267 g/mol. The molecule has 3 N–H and O–H groups in total. The van der Waals surface area contributed by atoms with Crippen LogP contribution in [0.3, 0.4) is 0 Å². The lowest BCUT2D eigenvalue weighted by Gasteiger charge is -2.03. The highest BCUT2D eigenvalue weighted by Crippen LogP contribution is 2.26. The number of hydrogen-bond donors (Lipinski definition) is 3. The molecule has 0 fully saturated rings. The number of methoxy groups -OCH3 is 1. The van der Waals surface area contributed by atoms with E-state index in [4.69, 9.17) is 4.74 Å². The number of H-pyrrole nitrogens is 1. The summed E-state index contributed by atoms with van der Waals surface area (Å²) in [5.74, 6) is -2.22. The quantitative estimate of drug-likeness (QED) is 0.631. The fraction of sp³-hybridized carbons (Fsp3) is 0.625. The van der Waals surface area contributed by atoms with Gasteiger partial charge in [-0.3, -0.25) is 15.2 Å². The molecule has 7 nitrogen and oxygen atoms in total. The monoisotopic (exact) mass is 267 g/mol. The van der Waals surface area contributed by atoms with Gasteiger partial charge in [0.15, 0.2) is 0 Å². The van der Waals surface area contributed by atoms with Crippen molar-refractivity contribution in [3.8, 4) is 0 Å². The van der Waals surface area contributed by atoms with Crippen molar-refractivity contribution in [3.05, 3.63) is 5.82 Å². The molecule has 0 aliphatic rings. The summed E-state index contributed by atoms with van der Waals surface area (Å²) in [7, 11) is 1.51. The number of ether oxygens (including phenoxy) is 1. The smallest absolute Gasteiger partial charge is 0.383 e. The van der Waals surface area contributed by atoms with Gasteiger partial charge in [-0.1, -0.05) is 0 Å². The minimum absolute atomic E-state index is 0.0702. The zero-order chi connectivity index (χ0) is 13.6. The van der Waals surface area contributed by atoms with Crippen molar-refractivity contribution < 1.29 is 22.7 Å². The number of rotatable bonds is 6. The lowest BCUT2D eigenvalue weighted by molar-refractivity contribution is -0.144. The lowest BCUT2D eigenvalue weighted by Crippen LogP contribution is -2.30. The molecule has 0 aliphatic carbocycles. The molecule has 0 aliphatic heterocycles. The summed E-state index contributed by atoms with van der Waals surface area (Å²) < 4.78 is 41.2. The Hall–Kier alpha value is -1.68. The van der Waals surface area contributed by atoms with E-state index >= 15 is 0 Å². The Bertz CT molecular complexity index is 392. The largest absolute Gasteiger partial charge is 0.451 e. The van der Waals surface area contributed by atoms with Crippen LogP contribution in [0.25, 0.3) is 0 Å². The molecule has 0 saturated heterocycles. The molecule has 10 heteroatoms. The van der Waals surface area contributed by atoms with Crippen LogP contribution in [0.2, 0.25) is 0 Å². The molecule has 0 aromatic carbocycles. The number of aromatic nitrogens is 3. The Kier molecular flexibility index (Phi) is 5.04. The number of anilines is 1. The van der Waals surface area contributed by atoms with Gasteiger partial charge >= 0.3 is 6.18 Å². The van der Waals surface area contributed by atoms with Crippen LogP contribution in [0.5, 0.6) is 0 Å². The van der Waals surface area contributed by atoms with Crippen molar-refractivity contribution in [2.45, 2.75) is 6.18 Å². The predicted molar refractivity (Wildman–Crippen MR) is 54.8 cm³/mol. The molecule has 1 heterocycles. The van der Waals surface area contributed by atoms with Gasteiger partial charge in [0, 0.05) is 13.7 Å². The second-order valence-corrected chi connectivity index (χ2v) is 3.22. The summed E-state index contributed by atoms with van der Waals surface area (Å²) in [5.41, 5.74) is 0. The van der Waals surface area contributed by atoms with Crippen molar-refractivity contribution in [2.75, 3.05) is 32.1 Å². The second kappa shape index (κ2) is 6.31. The molecular formula is C8H12F3N5O2. The number of aromatic amines is 1. The van der Waals surface area contributed by atoms with Gasteiger partial charge in [0.25, 0.3) is 0 Å². The molecular weight excluding hydrogens is 255 g/mol. The first-order valence-electron chi connectivity index (χ1n) is 4.92. The van der Waals surface area contributed by atoms with Crippen molar-refractivity contribution in [1.82, 2.24) is 20.5 Å². The number of amides is 1. The molecule has 1 aromatic rings. The average Bonchev–Trinajstić information content (AvgIpc) is 2.72. The molecule has 1 amide bonds. The maximum Gasteiger partial charge on any atom is 0.451 e. The van der Waals surface area contributed by atoms with Crippen LogP contribution in [-0.2, 0) is 15.7 Å². The standard InChI is InChI=1S/C8H12F3N5O2/c1-18-3-2-12-4-5(17)13-7-14-6(15-16-7)8(9,10)11/h12H,2-4H2,1H3,(H2,13,14,15,16,17). The summed E-state index contributed by atoms with van der Waals surface area (Å²) >= 11 is 0. The zero-order valence-corrected chi connectivity index (χ0v) is 9.47. The van der Waals surface area contributed by atoms with Gasteiger partial charge in [-0.2, -0.15) is 18.2 Å². The molecule has 0 spiro atoms. The van der Waals surface area contributed by atoms with E-state index in [0.29, 0.717) is 13.2 Å². The summed E-state index contributed by atoms with van der Waals surface area (Å²) in [5, 5.41) is 9.75. The minimum Gasteiger partial charge on any atom is -0.383 e. The third kappa shape index (κ3) is 4.67. The van der Waals surface area contributed by atoms with Gasteiger partial charge in [-0.15, -0.1) is 5.10 Å². The highest BCUT2D eigenvalue weighted by atomic mass is 19.4. The summed E-state index contributed by atoms with van der Waals surface area (Å²) in [6.45, 7) is 0.803. The van der Waals surface area contributed by atoms with Crippen LogP contribution < -0.4 is 10.6 Å². The number of alkyl halides is 3. The summed E-state index contributed by atoms with van der Waals surface area (Å²) in [4.78, 5) is 14.3. The number of nitrogens with one attached hydrogen (secondary N) is 3. The van der Waals surface area contributed by atoms with Gasteiger partial charge in [-0.25, -0.2) is 0 Å². The first-order chi connectivity index (χ1) is 8.43. The van der Waals surface area contributed by atoms with E-state index in [9.17, 15) is 18.0 Å². The zero-order valence-electron chi connectivity index (χ0n) is 9.47. The Balaban J connectivity index is 2.38. The topological polar surface area (TPSA) is 91.9 Å². The molecule has 0 unspecified atom stereocenters. The molecule has 0 radical (unpaired) electrons. The Morgan fingerprint density at radius 1 is 1.50 bits per heavy atom. The number of halogens is 3. The van der Waals surface area contributed by atoms with Crippen LogP contribution in [0.15, 0.2) is 0 Å². The third-order valence-electron chi connectivity index (χ3n) is 1.77. The first-order valence-corrected chi connectivity index (χ1v) is 4.92. The van der Waals surface area contributed by atoms with Crippen molar-refractivity contribution in [2.24, 2.45) is 0 Å². The van der Waals surface area contributed by atoms with Gasteiger partial charge in [0.2, 0.25) is 17.7 Å². The van der Waals surface area contributed by atoms with E-state index < -0.39 is 23.9 Å². The van der Waals surface area contributed by atoms with E-state index in [1.165, 1.54) is 7.11 Å². The molecule has 0 bridgehead atoms. The van der Waals surface area contributed by atoms with E-state index in [0.717, 1.165) is 0 Å². The Morgan fingerprint density at radius 2 is 2.22 bits per heavy atom. The van der Waals surface area contributed by atoms with E-state index in [1.807, 2.05) is 0 Å². The summed E-state index contributed by atoms with van der Waals surface area (Å²) in [6, 6.07) is 0. The molecule has 0 saturated carbocycles. The van der Waals surface area contributed by atoms with E-state index in [1.54, 1.807) is 5.10 Å². The van der Waals surface area contributed by atoms with Crippen LogP contribution in [0.4, 0.5) is 19.1 Å². The molecule has 1 rings (SSSR count). The molecule has 102 valence electrons. The van der Waals surface area contributed by atoms with E-state index in [2.05, 4.69) is 20.7 Å². The van der Waals surface area contributed by atoms with Crippen LogP contribution in [0.1, 0.15) is 5.82 Å². The van der Waals surface area contributed by atoms with E-state index in [-0.39, 0.29) is 6.54 Å². The van der Waals surface area contributed by atoms with Gasteiger partial charge in [0.05, 0.1) is 13.2 Å². The number of carbonyl (C=O) groups excluding carboxylic acids is 1. The predicted octanol–water partition coefficient (Wildman–Crippen LogP) is -0.00200. The lowest BCUT2D eigenvalue weighted by atomic mass is 10.5. The SMILES string of the molecule is COCCNCC(=O)Nc1n[nH]c(C(F)(F)F)n1. The van der Waals surface area contributed by atoms with Gasteiger partial charge in [-0.05, 0) is 0 Å². The number of nitrogens with zero attached hydrogens (tertiary/aromatic N) is 2. The second-order valence-electron chi connectivity index (χ2n) is 3.22. The van der Waals surface area contributed by atoms with Crippen LogP contribution >= 0.6 is 0 Å². The van der Waals surface area contributed by atoms with Gasteiger partial charge in [0.1, 0.15) is 0 Å². The highest BCUT2D eigenvalue weighted by molar-refractivity contribution is 5.90. The highest BCUT2D eigenvalue weighted by Gasteiger charge is 2.35. The number of hydrogen-bond acceptors (Lipinski definition) is 5. The van der Waals surface area contributed by atoms with Crippen LogP contribution in [0, 0.1) is 0 Å². The summed E-state index contributed by atoms with van der Waals surface area (Å²) in [6.07, 6.45) is -4.62. The Labute approximate surface area is 100 Å². The van der Waals surface area contributed by atoms with Crippen molar-refractivity contribution >= 4 is 11.9 Å². The first kappa shape index (κ1) is 14.4. The molecule has 0 atom stereocenters. The molecule has 18 heavy (non-hydrogen) atoms. The normalized spacial score (nSPS) is 11.6. The maximum atomic E-state index is 12.2. The van der Waals surface area contributed by atoms with Crippen molar-refractivity contribution in [1.29, 1.82) is 0 Å². The fourth-order valence-corrected chi connectivity index (χ4v) is 0.990. The van der Waals surface area contributed by atoms with Crippen LogP contribution in [-0.4, -0.2) is 47.9 Å². The minimum atomic E-state index is -4.62.